The van der Waals surface area contributed by atoms with Crippen molar-refractivity contribution in [3.8, 4) is 5.75 Å². The van der Waals surface area contributed by atoms with Gasteiger partial charge in [-0.25, -0.2) is 0 Å². The van der Waals surface area contributed by atoms with Crippen LogP contribution in [0.25, 0.3) is 0 Å². The molecule has 0 aromatic heterocycles. The van der Waals surface area contributed by atoms with Crippen molar-refractivity contribution in [3.05, 3.63) is 62.2 Å². The minimum absolute atomic E-state index is 0.114. The van der Waals surface area contributed by atoms with Crippen molar-refractivity contribution in [2.45, 2.75) is 19.1 Å². The quantitative estimate of drug-likeness (QED) is 0.606. The van der Waals surface area contributed by atoms with Crippen LogP contribution in [-0.4, -0.2) is 26.1 Å². The van der Waals surface area contributed by atoms with Crippen molar-refractivity contribution in [2.24, 2.45) is 0 Å². The third-order valence-corrected chi connectivity index (χ3v) is 4.68. The summed E-state index contributed by atoms with van der Waals surface area (Å²) in [5, 5.41) is 0.808. The smallest absolute Gasteiger partial charge is 0.161 e. The molecule has 0 amide bonds. The molecule has 0 bridgehead atoms. The Hall–Kier alpha value is -0.820. The van der Waals surface area contributed by atoms with Gasteiger partial charge in [0, 0.05) is 15.0 Å². The Bertz CT molecular complexity index is 639. The fourth-order valence-electron chi connectivity index (χ4n) is 2.45. The van der Waals surface area contributed by atoms with Crippen molar-refractivity contribution in [3.63, 3.8) is 0 Å². The molecule has 1 aliphatic heterocycles. The molecule has 5 heteroatoms. The monoisotopic (exact) mass is 444 g/mol. The van der Waals surface area contributed by atoms with Crippen LogP contribution in [0.3, 0.4) is 0 Å². The summed E-state index contributed by atoms with van der Waals surface area (Å²) in [6.45, 7) is 1.95. The van der Waals surface area contributed by atoms with Crippen LogP contribution in [0.15, 0.2) is 42.5 Å². The molecule has 0 saturated carbocycles. The Labute approximate surface area is 155 Å². The number of hydrogen-bond acceptors (Lipinski definition) is 3. The lowest BCUT2D eigenvalue weighted by Gasteiger charge is -2.11. The third-order valence-electron chi connectivity index (χ3n) is 3.64. The summed E-state index contributed by atoms with van der Waals surface area (Å²) in [7, 11) is 0. The molecule has 0 unspecified atom stereocenters. The van der Waals surface area contributed by atoms with E-state index in [2.05, 4.69) is 40.8 Å². The predicted molar refractivity (Wildman–Crippen MR) is 99.2 cm³/mol. The van der Waals surface area contributed by atoms with Crippen LogP contribution in [0, 0.1) is 3.57 Å². The van der Waals surface area contributed by atoms with Gasteiger partial charge in [-0.1, -0.05) is 23.7 Å². The molecule has 122 valence electrons. The highest BCUT2D eigenvalue weighted by molar-refractivity contribution is 14.1. The minimum Gasteiger partial charge on any atom is -0.493 e. The van der Waals surface area contributed by atoms with Gasteiger partial charge in [0.1, 0.15) is 5.75 Å². The Morgan fingerprint density at radius 3 is 2.57 bits per heavy atom. The molecule has 1 fully saturated rings. The summed E-state index contributed by atoms with van der Waals surface area (Å²) in [5.74, 6) is 0.862. The Balaban J connectivity index is 1.53. The molecule has 0 atom stereocenters. The summed E-state index contributed by atoms with van der Waals surface area (Å²) in [5.41, 5.74) is 2.35. The zero-order valence-corrected chi connectivity index (χ0v) is 15.5. The fraction of sp³-hybridized carbons (Fsp3) is 0.333. The number of hydrogen-bond donors (Lipinski definition) is 0. The van der Waals surface area contributed by atoms with Gasteiger partial charge in [0.25, 0.3) is 0 Å². The zero-order chi connectivity index (χ0) is 16.1. The van der Waals surface area contributed by atoms with E-state index in [1.165, 1.54) is 9.13 Å². The van der Waals surface area contributed by atoms with Gasteiger partial charge in [-0.2, -0.15) is 0 Å². The Morgan fingerprint density at radius 2 is 1.83 bits per heavy atom. The maximum absolute atomic E-state index is 6.26. The van der Waals surface area contributed by atoms with Gasteiger partial charge in [-0.15, -0.1) is 0 Å². The van der Waals surface area contributed by atoms with E-state index in [1.54, 1.807) is 0 Å². The molecule has 0 radical (unpaired) electrons. The summed E-state index contributed by atoms with van der Waals surface area (Å²) in [4.78, 5) is 0. The van der Waals surface area contributed by atoms with E-state index in [9.17, 15) is 0 Å². The van der Waals surface area contributed by atoms with Gasteiger partial charge >= 0.3 is 0 Å². The standard InChI is InChI=1S/C18H18ClIO3/c19-17-6-3-15(20)12-14(17)11-13-1-4-16(5-2-13)21-8-7-18-22-9-10-23-18/h1-6,12,18H,7-11H2. The lowest BCUT2D eigenvalue weighted by atomic mass is 10.1. The van der Waals surface area contributed by atoms with Crippen molar-refractivity contribution in [2.75, 3.05) is 19.8 Å². The molecule has 0 N–H and O–H groups in total. The van der Waals surface area contributed by atoms with Crippen LogP contribution in [0.1, 0.15) is 17.5 Å². The molecule has 23 heavy (non-hydrogen) atoms. The molecule has 0 spiro atoms. The van der Waals surface area contributed by atoms with Crippen LogP contribution in [0.5, 0.6) is 5.75 Å². The average Bonchev–Trinajstić information content (AvgIpc) is 3.06. The number of benzene rings is 2. The highest BCUT2D eigenvalue weighted by atomic mass is 127. The first kappa shape index (κ1) is 17.0. The first-order valence-electron chi connectivity index (χ1n) is 7.59. The average molecular weight is 445 g/mol. The molecule has 1 saturated heterocycles. The van der Waals surface area contributed by atoms with Gasteiger partial charge in [0.2, 0.25) is 0 Å². The molecule has 3 nitrogen and oxygen atoms in total. The highest BCUT2D eigenvalue weighted by Gasteiger charge is 2.15. The largest absolute Gasteiger partial charge is 0.493 e. The summed E-state index contributed by atoms with van der Waals surface area (Å²) >= 11 is 8.56. The van der Waals surface area contributed by atoms with E-state index < -0.39 is 0 Å². The molecule has 2 aromatic carbocycles. The molecule has 2 aromatic rings. The maximum Gasteiger partial charge on any atom is 0.161 e. The maximum atomic E-state index is 6.26. The van der Waals surface area contributed by atoms with E-state index in [-0.39, 0.29) is 6.29 Å². The summed E-state index contributed by atoms with van der Waals surface area (Å²) in [6.07, 6.45) is 1.46. The number of rotatable bonds is 6. The second kappa shape index (κ2) is 8.33. The van der Waals surface area contributed by atoms with E-state index in [1.807, 2.05) is 24.3 Å². The lowest BCUT2D eigenvalue weighted by Crippen LogP contribution is -2.12. The summed E-state index contributed by atoms with van der Waals surface area (Å²) < 4.78 is 17.7. The zero-order valence-electron chi connectivity index (χ0n) is 12.6. The second-order valence-corrected chi connectivity index (χ2v) is 7.02. The first-order valence-corrected chi connectivity index (χ1v) is 9.05. The molecule has 1 aliphatic rings. The van der Waals surface area contributed by atoms with Crippen molar-refractivity contribution in [1.29, 1.82) is 0 Å². The van der Waals surface area contributed by atoms with Crippen LogP contribution in [-0.2, 0) is 15.9 Å². The highest BCUT2D eigenvalue weighted by Crippen LogP contribution is 2.23. The number of halogens is 2. The van der Waals surface area contributed by atoms with Crippen molar-refractivity contribution in [1.82, 2.24) is 0 Å². The topological polar surface area (TPSA) is 27.7 Å². The van der Waals surface area contributed by atoms with Crippen LogP contribution in [0.2, 0.25) is 5.02 Å². The first-order chi connectivity index (χ1) is 11.2. The van der Waals surface area contributed by atoms with Crippen LogP contribution in [0.4, 0.5) is 0 Å². The molecule has 3 rings (SSSR count). The second-order valence-electron chi connectivity index (χ2n) is 5.36. The molecule has 0 aliphatic carbocycles. The number of ether oxygens (including phenoxy) is 3. The predicted octanol–water partition coefficient (Wildman–Crippen LogP) is 4.68. The van der Waals surface area contributed by atoms with Gasteiger partial charge in [0.15, 0.2) is 6.29 Å². The van der Waals surface area contributed by atoms with Gasteiger partial charge in [0.05, 0.1) is 19.8 Å². The van der Waals surface area contributed by atoms with E-state index in [4.69, 9.17) is 25.8 Å². The molecular weight excluding hydrogens is 427 g/mol. The van der Waals surface area contributed by atoms with Crippen molar-refractivity contribution >= 4 is 34.2 Å². The minimum atomic E-state index is -0.114. The van der Waals surface area contributed by atoms with Crippen LogP contribution >= 0.6 is 34.2 Å². The summed E-state index contributed by atoms with van der Waals surface area (Å²) in [6, 6.07) is 14.2. The van der Waals surface area contributed by atoms with Gasteiger partial charge < -0.3 is 14.2 Å². The van der Waals surface area contributed by atoms with E-state index in [0.29, 0.717) is 19.8 Å². The van der Waals surface area contributed by atoms with E-state index in [0.717, 1.165) is 29.2 Å². The van der Waals surface area contributed by atoms with Crippen LogP contribution < -0.4 is 4.74 Å². The third kappa shape index (κ3) is 5.08. The lowest BCUT2D eigenvalue weighted by molar-refractivity contribution is -0.0531. The normalized spacial score (nSPS) is 15.0. The fourth-order valence-corrected chi connectivity index (χ4v) is 3.19. The van der Waals surface area contributed by atoms with Gasteiger partial charge in [-0.3, -0.25) is 0 Å². The Morgan fingerprint density at radius 1 is 1.09 bits per heavy atom. The molecule has 1 heterocycles. The molecular formula is C18H18ClIO3. The van der Waals surface area contributed by atoms with E-state index >= 15 is 0 Å². The van der Waals surface area contributed by atoms with Crippen molar-refractivity contribution < 1.29 is 14.2 Å². The Kier molecular flexibility index (Phi) is 6.16. The van der Waals surface area contributed by atoms with Gasteiger partial charge in [-0.05, 0) is 70.5 Å². The SMILES string of the molecule is Clc1ccc(I)cc1Cc1ccc(OCCC2OCCO2)cc1.